The van der Waals surface area contributed by atoms with Gasteiger partial charge in [0, 0.05) is 29.4 Å². The zero-order valence-corrected chi connectivity index (χ0v) is 16.7. The van der Waals surface area contributed by atoms with Crippen LogP contribution in [0, 0.1) is 0 Å². The van der Waals surface area contributed by atoms with E-state index in [2.05, 4.69) is 10.6 Å². The molecular formula is C20H17ClN2O4S. The third kappa shape index (κ3) is 4.62. The van der Waals surface area contributed by atoms with E-state index in [0.29, 0.717) is 38.3 Å². The van der Waals surface area contributed by atoms with Gasteiger partial charge in [0.1, 0.15) is 11.5 Å². The minimum absolute atomic E-state index is 0.285. The first-order valence-electron chi connectivity index (χ1n) is 8.19. The number of hydrogen-bond acceptors (Lipinski definition) is 5. The lowest BCUT2D eigenvalue weighted by Gasteiger charge is -2.11. The van der Waals surface area contributed by atoms with Crippen molar-refractivity contribution in [3.63, 3.8) is 0 Å². The fraction of sp³-hybridized carbons (Fsp3) is 0.100. The molecule has 0 radical (unpaired) electrons. The second-order valence-corrected chi connectivity index (χ2v) is 7.04. The van der Waals surface area contributed by atoms with Gasteiger partial charge >= 0.3 is 0 Å². The van der Waals surface area contributed by atoms with Crippen molar-refractivity contribution in [2.75, 3.05) is 24.9 Å². The Balaban J connectivity index is 1.80. The number of anilines is 2. The summed E-state index contributed by atoms with van der Waals surface area (Å²) >= 11 is 7.49. The molecule has 6 nitrogen and oxygen atoms in total. The van der Waals surface area contributed by atoms with E-state index in [-0.39, 0.29) is 11.8 Å². The second kappa shape index (κ2) is 8.77. The van der Waals surface area contributed by atoms with Gasteiger partial charge in [-0.2, -0.15) is 0 Å². The first-order chi connectivity index (χ1) is 13.5. The molecule has 0 aliphatic rings. The first kappa shape index (κ1) is 19.7. The molecule has 2 N–H and O–H groups in total. The number of benzene rings is 2. The molecule has 3 rings (SSSR count). The molecule has 0 fully saturated rings. The maximum Gasteiger partial charge on any atom is 0.265 e. The summed E-state index contributed by atoms with van der Waals surface area (Å²) in [6, 6.07) is 13.2. The molecule has 0 atom stereocenters. The van der Waals surface area contributed by atoms with E-state index >= 15 is 0 Å². The lowest BCUT2D eigenvalue weighted by molar-refractivity contribution is 0.101. The molecule has 28 heavy (non-hydrogen) atoms. The van der Waals surface area contributed by atoms with Crippen LogP contribution in [0.25, 0.3) is 0 Å². The largest absolute Gasteiger partial charge is 0.497 e. The van der Waals surface area contributed by atoms with E-state index in [9.17, 15) is 9.59 Å². The van der Waals surface area contributed by atoms with Gasteiger partial charge in [-0.3, -0.25) is 9.59 Å². The van der Waals surface area contributed by atoms with Crippen LogP contribution in [0.5, 0.6) is 11.5 Å². The van der Waals surface area contributed by atoms with E-state index < -0.39 is 0 Å². The number of carbonyl (C=O) groups excluding carboxylic acids is 2. The molecule has 3 aromatic rings. The lowest BCUT2D eigenvalue weighted by atomic mass is 10.1. The van der Waals surface area contributed by atoms with Gasteiger partial charge in [-0.25, -0.2) is 0 Å². The highest BCUT2D eigenvalue weighted by Gasteiger charge is 2.14. The maximum absolute atomic E-state index is 12.6. The van der Waals surface area contributed by atoms with Crippen LogP contribution < -0.4 is 20.1 Å². The van der Waals surface area contributed by atoms with Crippen LogP contribution >= 0.6 is 22.9 Å². The molecule has 0 aliphatic carbocycles. The molecule has 2 amide bonds. The quantitative estimate of drug-likeness (QED) is 0.597. The Morgan fingerprint density at radius 2 is 1.64 bits per heavy atom. The summed E-state index contributed by atoms with van der Waals surface area (Å²) in [7, 11) is 3.06. The van der Waals surface area contributed by atoms with Gasteiger partial charge in [0.2, 0.25) is 0 Å². The second-order valence-electron chi connectivity index (χ2n) is 5.68. The van der Waals surface area contributed by atoms with Crippen molar-refractivity contribution in [1.82, 2.24) is 0 Å². The molecule has 0 bridgehead atoms. The fourth-order valence-electron chi connectivity index (χ4n) is 2.44. The molecule has 1 heterocycles. The van der Waals surface area contributed by atoms with E-state index in [1.165, 1.54) is 31.6 Å². The van der Waals surface area contributed by atoms with E-state index in [1.807, 2.05) is 5.38 Å². The van der Waals surface area contributed by atoms with Crippen molar-refractivity contribution in [2.24, 2.45) is 0 Å². The van der Waals surface area contributed by atoms with Crippen molar-refractivity contribution >= 4 is 46.1 Å². The number of rotatable bonds is 6. The number of ether oxygens (including phenoxy) is 2. The molecule has 0 saturated heterocycles. The van der Waals surface area contributed by atoms with Gasteiger partial charge in [-0.1, -0.05) is 17.7 Å². The van der Waals surface area contributed by atoms with Gasteiger partial charge in [-0.05, 0) is 29.6 Å². The number of methoxy groups -OCH3 is 2. The van der Waals surface area contributed by atoms with Gasteiger partial charge in [0.25, 0.3) is 11.8 Å². The average Bonchev–Trinajstić information content (AvgIpc) is 3.24. The Morgan fingerprint density at radius 1 is 0.929 bits per heavy atom. The number of halogens is 1. The Labute approximate surface area is 171 Å². The van der Waals surface area contributed by atoms with Crippen molar-refractivity contribution in [1.29, 1.82) is 0 Å². The molecule has 144 valence electrons. The third-order valence-corrected chi connectivity index (χ3v) is 5.03. The Bertz CT molecular complexity index is 983. The zero-order chi connectivity index (χ0) is 20.1. The molecular weight excluding hydrogens is 400 g/mol. The summed E-state index contributed by atoms with van der Waals surface area (Å²) in [5, 5.41) is 7.66. The van der Waals surface area contributed by atoms with E-state index in [4.69, 9.17) is 21.1 Å². The van der Waals surface area contributed by atoms with Crippen LogP contribution in [-0.2, 0) is 0 Å². The molecule has 2 aromatic carbocycles. The maximum atomic E-state index is 12.6. The predicted molar refractivity (Wildman–Crippen MR) is 111 cm³/mol. The van der Waals surface area contributed by atoms with Gasteiger partial charge in [-0.15, -0.1) is 11.3 Å². The van der Waals surface area contributed by atoms with Crippen molar-refractivity contribution < 1.29 is 19.1 Å². The highest BCUT2D eigenvalue weighted by atomic mass is 35.5. The SMILES string of the molecule is COc1cc(NC(=O)c2ccc(Cl)c(NC(=O)c3cccs3)c2)cc(OC)c1. The minimum Gasteiger partial charge on any atom is -0.497 e. The van der Waals surface area contributed by atoms with E-state index in [0.717, 1.165) is 0 Å². The third-order valence-electron chi connectivity index (χ3n) is 3.83. The Morgan fingerprint density at radius 3 is 2.25 bits per heavy atom. The highest BCUT2D eigenvalue weighted by molar-refractivity contribution is 7.12. The number of carbonyl (C=O) groups is 2. The number of hydrogen-bond donors (Lipinski definition) is 2. The fourth-order valence-corrected chi connectivity index (χ4v) is 3.22. The average molecular weight is 417 g/mol. The molecule has 0 saturated carbocycles. The first-order valence-corrected chi connectivity index (χ1v) is 9.44. The number of nitrogens with one attached hydrogen (secondary N) is 2. The van der Waals surface area contributed by atoms with Crippen LogP contribution in [0.2, 0.25) is 5.02 Å². The predicted octanol–water partition coefficient (Wildman–Crippen LogP) is 4.92. The van der Waals surface area contributed by atoms with Crippen LogP contribution in [-0.4, -0.2) is 26.0 Å². The monoisotopic (exact) mass is 416 g/mol. The van der Waals surface area contributed by atoms with Crippen LogP contribution in [0.3, 0.4) is 0 Å². The van der Waals surface area contributed by atoms with Crippen LogP contribution in [0.1, 0.15) is 20.0 Å². The highest BCUT2D eigenvalue weighted by Crippen LogP contribution is 2.28. The number of amides is 2. The van der Waals surface area contributed by atoms with E-state index in [1.54, 1.807) is 42.5 Å². The summed E-state index contributed by atoms with van der Waals surface area (Å²) in [5.41, 5.74) is 1.21. The Hall–Kier alpha value is -3.03. The topological polar surface area (TPSA) is 76.7 Å². The summed E-state index contributed by atoms with van der Waals surface area (Å²) in [6.45, 7) is 0. The summed E-state index contributed by atoms with van der Waals surface area (Å²) in [6.07, 6.45) is 0. The summed E-state index contributed by atoms with van der Waals surface area (Å²) in [4.78, 5) is 25.4. The van der Waals surface area contributed by atoms with Crippen molar-refractivity contribution in [2.45, 2.75) is 0 Å². The molecule has 0 aliphatic heterocycles. The normalized spacial score (nSPS) is 10.2. The van der Waals surface area contributed by atoms with Crippen molar-refractivity contribution in [3.05, 3.63) is 69.4 Å². The van der Waals surface area contributed by atoms with Crippen molar-refractivity contribution in [3.8, 4) is 11.5 Å². The lowest BCUT2D eigenvalue weighted by Crippen LogP contribution is -2.14. The Kier molecular flexibility index (Phi) is 6.18. The standard InChI is InChI=1S/C20H17ClN2O4S/c1-26-14-9-13(10-15(11-14)27-2)22-19(24)12-5-6-16(21)17(8-12)23-20(25)18-4-3-7-28-18/h3-11H,1-2H3,(H,22,24)(H,23,25). The summed E-state index contributed by atoms with van der Waals surface area (Å²) < 4.78 is 10.4. The van der Waals surface area contributed by atoms with Gasteiger partial charge < -0.3 is 20.1 Å². The molecule has 0 spiro atoms. The molecule has 8 heteroatoms. The minimum atomic E-state index is -0.362. The molecule has 0 unspecified atom stereocenters. The number of thiophene rings is 1. The zero-order valence-electron chi connectivity index (χ0n) is 15.1. The molecule has 1 aromatic heterocycles. The van der Waals surface area contributed by atoms with Crippen LogP contribution in [0.4, 0.5) is 11.4 Å². The van der Waals surface area contributed by atoms with Gasteiger partial charge in [0.05, 0.1) is 29.8 Å². The van der Waals surface area contributed by atoms with Gasteiger partial charge in [0.15, 0.2) is 0 Å². The smallest absolute Gasteiger partial charge is 0.265 e. The van der Waals surface area contributed by atoms with Crippen LogP contribution in [0.15, 0.2) is 53.9 Å². The summed E-state index contributed by atoms with van der Waals surface area (Å²) in [5.74, 6) is 0.454.